The number of hydrogen-bond donors (Lipinski definition) is 1. The minimum Gasteiger partial charge on any atom is -0.339 e. The van der Waals surface area contributed by atoms with Crippen LogP contribution in [-0.2, 0) is 6.42 Å². The summed E-state index contributed by atoms with van der Waals surface area (Å²) in [6.07, 6.45) is 4.72. The van der Waals surface area contributed by atoms with Crippen molar-refractivity contribution >= 4 is 17.0 Å². The number of pyridine rings is 1. The number of aromatic nitrogens is 2. The summed E-state index contributed by atoms with van der Waals surface area (Å²) >= 11 is 0. The van der Waals surface area contributed by atoms with E-state index in [0.717, 1.165) is 48.9 Å². The van der Waals surface area contributed by atoms with E-state index in [0.29, 0.717) is 30.3 Å². The number of amides is 1. The number of carbonyl (C=O) groups is 1. The smallest absolute Gasteiger partial charge is 0.259 e. The predicted octanol–water partition coefficient (Wildman–Crippen LogP) is 3.25. The zero-order valence-corrected chi connectivity index (χ0v) is 15.9. The normalized spacial score (nSPS) is 19.3. The van der Waals surface area contributed by atoms with Gasteiger partial charge in [0.25, 0.3) is 11.6 Å². The van der Waals surface area contributed by atoms with Crippen molar-refractivity contribution in [3.63, 3.8) is 0 Å². The van der Waals surface area contributed by atoms with Crippen molar-refractivity contribution in [2.24, 2.45) is 11.1 Å². The number of fused-ring (bicyclic) bond motifs is 1. The van der Waals surface area contributed by atoms with Crippen molar-refractivity contribution in [2.45, 2.75) is 64.8 Å². The summed E-state index contributed by atoms with van der Waals surface area (Å²) in [4.78, 5) is 19.9. The van der Waals surface area contributed by atoms with Crippen LogP contribution >= 0.6 is 0 Å². The highest BCUT2D eigenvalue weighted by Gasteiger charge is 2.31. The van der Waals surface area contributed by atoms with Crippen LogP contribution < -0.4 is 5.73 Å². The fraction of sp³-hybridized carbons (Fsp3) is 0.650. The molecule has 1 aliphatic carbocycles. The van der Waals surface area contributed by atoms with Crippen molar-refractivity contribution in [3.05, 3.63) is 23.0 Å². The topological polar surface area (TPSA) is 85.2 Å². The Morgan fingerprint density at radius 3 is 2.58 bits per heavy atom. The highest BCUT2D eigenvalue weighted by atomic mass is 16.5. The van der Waals surface area contributed by atoms with E-state index in [1.807, 2.05) is 11.0 Å². The number of likely N-dealkylation sites (tertiary alicyclic amines) is 1. The van der Waals surface area contributed by atoms with Gasteiger partial charge in [-0.2, -0.15) is 0 Å². The van der Waals surface area contributed by atoms with Crippen molar-refractivity contribution in [3.8, 4) is 0 Å². The summed E-state index contributed by atoms with van der Waals surface area (Å²) in [5.74, 6) is 0.515. The average Bonchev–Trinajstić information content (AvgIpc) is 3.36. The van der Waals surface area contributed by atoms with Gasteiger partial charge in [-0.3, -0.25) is 4.79 Å². The van der Waals surface area contributed by atoms with Crippen LogP contribution in [0.3, 0.4) is 0 Å². The molecule has 2 aliphatic rings. The van der Waals surface area contributed by atoms with Gasteiger partial charge in [0.1, 0.15) is 0 Å². The molecular weight excluding hydrogens is 328 g/mol. The zero-order chi connectivity index (χ0) is 18.5. The van der Waals surface area contributed by atoms with E-state index in [2.05, 4.69) is 30.9 Å². The first-order valence-corrected chi connectivity index (χ1v) is 9.66. The molecule has 1 saturated carbocycles. The Morgan fingerprint density at radius 1 is 1.27 bits per heavy atom. The molecular formula is C20H28N4O2. The number of hydrogen-bond acceptors (Lipinski definition) is 5. The Morgan fingerprint density at radius 2 is 1.96 bits per heavy atom. The summed E-state index contributed by atoms with van der Waals surface area (Å²) < 4.78 is 5.56. The van der Waals surface area contributed by atoms with Gasteiger partial charge in [0.15, 0.2) is 0 Å². The molecule has 2 aromatic heterocycles. The van der Waals surface area contributed by atoms with E-state index in [4.69, 9.17) is 10.3 Å². The third-order valence-electron chi connectivity index (χ3n) is 5.29. The monoisotopic (exact) mass is 356 g/mol. The standard InChI is InChI=1S/C20H28N4O2/c1-20(2,3)11-16-17-14(19(25)24-8-6-13(21)7-9-24)10-15(12-4-5-12)22-18(17)26-23-16/h10,12-13H,4-9,11,21H2,1-3H3. The van der Waals surface area contributed by atoms with Crippen LogP contribution in [0.2, 0.25) is 0 Å². The highest BCUT2D eigenvalue weighted by Crippen LogP contribution is 2.41. The van der Waals surface area contributed by atoms with E-state index in [1.54, 1.807) is 0 Å². The first-order valence-electron chi connectivity index (χ1n) is 9.66. The Hall–Kier alpha value is -1.95. The van der Waals surface area contributed by atoms with Gasteiger partial charge in [-0.15, -0.1) is 0 Å². The molecule has 1 amide bonds. The van der Waals surface area contributed by atoms with Crippen molar-refractivity contribution in [2.75, 3.05) is 13.1 Å². The van der Waals surface area contributed by atoms with E-state index in [-0.39, 0.29) is 17.4 Å². The number of nitrogens with two attached hydrogens (primary N) is 1. The van der Waals surface area contributed by atoms with Crippen LogP contribution in [-0.4, -0.2) is 40.1 Å². The van der Waals surface area contributed by atoms with Gasteiger partial charge in [-0.05, 0) is 43.6 Å². The van der Waals surface area contributed by atoms with Crippen LogP contribution in [0.4, 0.5) is 0 Å². The fourth-order valence-electron chi connectivity index (χ4n) is 3.68. The van der Waals surface area contributed by atoms with Gasteiger partial charge in [0.2, 0.25) is 0 Å². The number of nitrogens with zero attached hydrogens (tertiary/aromatic N) is 3. The molecule has 140 valence electrons. The minimum absolute atomic E-state index is 0.0528. The molecule has 4 rings (SSSR count). The van der Waals surface area contributed by atoms with E-state index < -0.39 is 0 Å². The summed E-state index contributed by atoms with van der Waals surface area (Å²) in [6, 6.07) is 2.19. The van der Waals surface area contributed by atoms with Gasteiger partial charge in [-0.1, -0.05) is 25.9 Å². The molecule has 0 bridgehead atoms. The lowest BCUT2D eigenvalue weighted by molar-refractivity contribution is 0.0716. The SMILES string of the molecule is CC(C)(C)Cc1noc2nc(C3CC3)cc(C(=O)N3CCC(N)CC3)c12. The van der Waals surface area contributed by atoms with Gasteiger partial charge in [0, 0.05) is 30.7 Å². The second-order valence-corrected chi connectivity index (χ2v) is 9.05. The van der Waals surface area contributed by atoms with Crippen molar-refractivity contribution in [1.29, 1.82) is 0 Å². The molecule has 0 spiro atoms. The number of rotatable bonds is 3. The van der Waals surface area contributed by atoms with Crippen LogP contribution in [0.15, 0.2) is 10.6 Å². The van der Waals surface area contributed by atoms with Crippen molar-refractivity contribution < 1.29 is 9.32 Å². The molecule has 2 aromatic rings. The van der Waals surface area contributed by atoms with Crippen LogP contribution in [0.1, 0.15) is 74.1 Å². The summed E-state index contributed by atoms with van der Waals surface area (Å²) in [6.45, 7) is 7.90. The third-order valence-corrected chi connectivity index (χ3v) is 5.29. The summed E-state index contributed by atoms with van der Waals surface area (Å²) in [7, 11) is 0. The molecule has 6 nitrogen and oxygen atoms in total. The maximum Gasteiger partial charge on any atom is 0.259 e. The van der Waals surface area contributed by atoms with Crippen molar-refractivity contribution in [1.82, 2.24) is 15.0 Å². The molecule has 0 atom stereocenters. The largest absolute Gasteiger partial charge is 0.339 e. The maximum absolute atomic E-state index is 13.3. The Balaban J connectivity index is 1.77. The van der Waals surface area contributed by atoms with Gasteiger partial charge < -0.3 is 15.2 Å². The summed E-state index contributed by atoms with van der Waals surface area (Å²) in [5, 5.41) is 5.07. The minimum atomic E-state index is 0.0528. The molecule has 2 fully saturated rings. The number of carbonyl (C=O) groups excluding carboxylic acids is 1. The molecule has 26 heavy (non-hydrogen) atoms. The quantitative estimate of drug-likeness (QED) is 0.912. The molecule has 2 N–H and O–H groups in total. The first kappa shape index (κ1) is 17.5. The molecule has 6 heteroatoms. The fourth-order valence-corrected chi connectivity index (χ4v) is 3.68. The van der Waals surface area contributed by atoms with E-state index >= 15 is 0 Å². The van der Waals surface area contributed by atoms with Gasteiger partial charge in [-0.25, -0.2) is 4.98 Å². The lowest BCUT2D eigenvalue weighted by Gasteiger charge is -2.30. The van der Waals surface area contributed by atoms with E-state index in [1.165, 1.54) is 0 Å². The Labute approximate surface area is 154 Å². The first-order chi connectivity index (χ1) is 12.3. The number of piperidine rings is 1. The molecule has 1 saturated heterocycles. The van der Waals surface area contributed by atoms with Gasteiger partial charge >= 0.3 is 0 Å². The third kappa shape index (κ3) is 3.47. The lowest BCUT2D eigenvalue weighted by atomic mass is 9.89. The molecule has 3 heterocycles. The van der Waals surface area contributed by atoms with Gasteiger partial charge in [0.05, 0.1) is 16.6 Å². The molecule has 0 aromatic carbocycles. The van der Waals surface area contributed by atoms with Crippen LogP contribution in [0.5, 0.6) is 0 Å². The second-order valence-electron chi connectivity index (χ2n) is 9.05. The predicted molar refractivity (Wildman–Crippen MR) is 100 cm³/mol. The van der Waals surface area contributed by atoms with Crippen LogP contribution in [0, 0.1) is 5.41 Å². The molecule has 0 radical (unpaired) electrons. The highest BCUT2D eigenvalue weighted by molar-refractivity contribution is 6.06. The zero-order valence-electron chi connectivity index (χ0n) is 15.9. The van der Waals surface area contributed by atoms with E-state index in [9.17, 15) is 4.79 Å². The second kappa shape index (κ2) is 6.34. The Bertz CT molecular complexity index is 824. The summed E-state index contributed by atoms with van der Waals surface area (Å²) in [5.41, 5.74) is 9.06. The maximum atomic E-state index is 13.3. The van der Waals surface area contributed by atoms with Crippen LogP contribution in [0.25, 0.3) is 11.1 Å². The molecule has 1 aliphatic heterocycles. The Kier molecular flexibility index (Phi) is 4.26. The lowest BCUT2D eigenvalue weighted by Crippen LogP contribution is -2.43. The average molecular weight is 356 g/mol. The molecule has 0 unspecified atom stereocenters.